The van der Waals surface area contributed by atoms with Crippen LogP contribution in [0.25, 0.3) is 88.3 Å². The third-order valence-corrected chi connectivity index (χ3v) is 8.40. The summed E-state index contributed by atoms with van der Waals surface area (Å²) in [6.07, 6.45) is 0. The average molecular weight is 611 g/mol. The summed E-state index contributed by atoms with van der Waals surface area (Å²) in [7, 11) is 0. The third-order valence-electron chi connectivity index (χ3n) is 8.40. The number of benzene rings is 8. The molecule has 0 aliphatic heterocycles. The molecule has 0 aliphatic carbocycles. The highest BCUT2D eigenvalue weighted by atomic mass is 16.3. The molecule has 220 valence electrons. The molecule has 1 heteroatoms. The van der Waals surface area contributed by atoms with Gasteiger partial charge in [0.25, 0.3) is 0 Å². The van der Waals surface area contributed by atoms with E-state index in [1.165, 1.54) is 0 Å². The van der Waals surface area contributed by atoms with E-state index in [1.807, 2.05) is 36.4 Å². The van der Waals surface area contributed by atoms with Crippen LogP contribution in [0.4, 0.5) is 0 Å². The van der Waals surface area contributed by atoms with Crippen molar-refractivity contribution < 1.29 is 20.9 Å². The molecule has 0 atom stereocenters. The summed E-state index contributed by atoms with van der Waals surface area (Å²) in [5.74, 6) is -0.140. The molecule has 1 heterocycles. The van der Waals surface area contributed by atoms with E-state index in [0.29, 0.717) is 22.1 Å². The van der Waals surface area contributed by atoms with E-state index in [4.69, 9.17) is 12.6 Å². The molecule has 0 N–H and O–H groups in total. The topological polar surface area (TPSA) is 13.1 Å². The smallest absolute Gasteiger partial charge is 0.143 e. The van der Waals surface area contributed by atoms with E-state index in [0.717, 1.165) is 5.56 Å². The fourth-order valence-corrected chi connectivity index (χ4v) is 6.36. The predicted octanol–water partition coefficient (Wildman–Crippen LogP) is 13.1. The minimum Gasteiger partial charge on any atom is -0.455 e. The summed E-state index contributed by atoms with van der Waals surface area (Å²) < 4.78 is 117. The highest BCUT2D eigenvalue weighted by Gasteiger charge is 2.25. The van der Waals surface area contributed by atoms with Gasteiger partial charge in [0.05, 0.1) is 16.4 Å². The van der Waals surface area contributed by atoms with Crippen molar-refractivity contribution in [2.24, 2.45) is 0 Å². The Kier molecular flexibility index (Phi) is 4.21. The van der Waals surface area contributed by atoms with Crippen molar-refractivity contribution in [1.82, 2.24) is 0 Å². The van der Waals surface area contributed by atoms with Crippen molar-refractivity contribution in [1.29, 1.82) is 0 Å². The largest absolute Gasteiger partial charge is 0.455 e. The Morgan fingerprint density at radius 2 is 0.894 bits per heavy atom. The van der Waals surface area contributed by atoms with Crippen LogP contribution in [0, 0.1) is 0 Å². The van der Waals surface area contributed by atoms with Crippen LogP contribution in [-0.2, 0) is 0 Å². The Hall–Kier alpha value is -6.18. The molecule has 1 aromatic heterocycles. The van der Waals surface area contributed by atoms with Gasteiger partial charge in [-0.05, 0) is 55.4 Å². The minimum absolute atomic E-state index is 0.000834. The van der Waals surface area contributed by atoms with Crippen molar-refractivity contribution in [2.45, 2.75) is 0 Å². The Labute approximate surface area is 290 Å². The zero-order valence-corrected chi connectivity index (χ0v) is 24.8. The molecular formula is C46H30O. The van der Waals surface area contributed by atoms with Crippen LogP contribution in [0.15, 0.2) is 186 Å². The number of furan rings is 1. The lowest BCUT2D eigenvalue weighted by atomic mass is 9.84. The second kappa shape index (κ2) is 11.3. The zero-order chi connectivity index (χ0) is 41.6. The van der Waals surface area contributed by atoms with Crippen LogP contribution in [0.5, 0.6) is 0 Å². The first-order valence-electron chi connectivity index (χ1n) is 21.1. The van der Waals surface area contributed by atoms with Crippen LogP contribution in [0.2, 0.25) is 0 Å². The normalized spacial score (nSPS) is 15.0. The molecule has 8 aromatic carbocycles. The van der Waals surface area contributed by atoms with Crippen molar-refractivity contribution >= 4 is 32.5 Å². The molecule has 0 amide bonds. The zero-order valence-electron chi connectivity index (χ0n) is 36.8. The maximum atomic E-state index is 9.67. The summed E-state index contributed by atoms with van der Waals surface area (Å²) in [6.45, 7) is 0. The lowest BCUT2D eigenvalue weighted by molar-refractivity contribution is 0.633. The van der Waals surface area contributed by atoms with E-state index in [-0.39, 0.29) is 72.8 Å². The Morgan fingerprint density at radius 1 is 0.362 bits per heavy atom. The first kappa shape index (κ1) is 17.5. The summed E-state index contributed by atoms with van der Waals surface area (Å²) in [6, 6.07) is 26.2. The van der Waals surface area contributed by atoms with Crippen LogP contribution in [0.1, 0.15) is 16.4 Å². The lowest BCUT2D eigenvalue weighted by Gasteiger charge is -2.18. The van der Waals surface area contributed by atoms with Crippen molar-refractivity contribution in [3.05, 3.63) is 182 Å². The molecule has 47 heavy (non-hydrogen) atoms. The number of para-hydroxylation sites is 1. The average Bonchev–Trinajstić information content (AvgIpc) is 3.64. The Bertz CT molecular complexity index is 3140. The fraction of sp³-hybridized carbons (Fsp3) is 0. The molecule has 9 rings (SSSR count). The quantitative estimate of drug-likeness (QED) is 0.177. The van der Waals surface area contributed by atoms with E-state index in [1.54, 1.807) is 72.8 Å². The van der Waals surface area contributed by atoms with Gasteiger partial charge in [0.2, 0.25) is 0 Å². The lowest BCUT2D eigenvalue weighted by Crippen LogP contribution is -1.91. The molecule has 0 saturated heterocycles. The maximum absolute atomic E-state index is 9.67. The summed E-state index contributed by atoms with van der Waals surface area (Å²) in [5.41, 5.74) is 2.65. The van der Waals surface area contributed by atoms with Crippen LogP contribution in [0.3, 0.4) is 0 Å². The van der Waals surface area contributed by atoms with Gasteiger partial charge < -0.3 is 4.42 Å². The number of hydrogen-bond donors (Lipinski definition) is 0. The molecule has 9 aromatic rings. The van der Waals surface area contributed by atoms with Crippen LogP contribution < -0.4 is 0 Å². The van der Waals surface area contributed by atoms with Gasteiger partial charge in [-0.2, -0.15) is 0 Å². The summed E-state index contributed by atoms with van der Waals surface area (Å²) in [4.78, 5) is 0. The van der Waals surface area contributed by atoms with E-state index < -0.39 is 60.4 Å². The molecular weight excluding hydrogens is 569 g/mol. The standard InChI is InChI=1S/C46H30O/c1-4-16-31(17-5-1)34-22-14-23-35(30-34)45-44(41-29-15-28-36(46(41)47-45)32-18-6-2-7-19-32)43-39-26-12-10-24-37(39)42(33-20-8-3-9-21-33)38-25-11-13-27-40(38)43/h1-30H/i10D,11D,12D,13D,14D,22D,23D,24D,25D,26D,27D,30D. The van der Waals surface area contributed by atoms with E-state index >= 15 is 0 Å². The summed E-state index contributed by atoms with van der Waals surface area (Å²) in [5, 5.41) is 0.230. The molecule has 0 aliphatic rings. The van der Waals surface area contributed by atoms with E-state index in [2.05, 4.69) is 0 Å². The van der Waals surface area contributed by atoms with Crippen LogP contribution in [-0.4, -0.2) is 0 Å². The molecule has 0 bridgehead atoms. The number of hydrogen-bond acceptors (Lipinski definition) is 1. The van der Waals surface area contributed by atoms with Gasteiger partial charge >= 0.3 is 0 Å². The molecule has 1 nitrogen and oxygen atoms in total. The van der Waals surface area contributed by atoms with Crippen molar-refractivity contribution in [3.8, 4) is 55.8 Å². The Balaban J connectivity index is 1.61. The van der Waals surface area contributed by atoms with Crippen molar-refractivity contribution in [2.75, 3.05) is 0 Å². The van der Waals surface area contributed by atoms with Gasteiger partial charge in [-0.15, -0.1) is 0 Å². The van der Waals surface area contributed by atoms with Crippen LogP contribution >= 0.6 is 0 Å². The third kappa shape index (κ3) is 4.56. The highest BCUT2D eigenvalue weighted by Crippen LogP contribution is 2.50. The molecule has 0 fully saturated rings. The maximum Gasteiger partial charge on any atom is 0.143 e. The second-order valence-corrected chi connectivity index (χ2v) is 11.1. The van der Waals surface area contributed by atoms with Crippen molar-refractivity contribution in [3.63, 3.8) is 0 Å². The minimum atomic E-state index is -0.581. The Morgan fingerprint density at radius 3 is 1.51 bits per heavy atom. The molecule has 0 spiro atoms. The van der Waals surface area contributed by atoms with Gasteiger partial charge in [-0.25, -0.2) is 0 Å². The highest BCUT2D eigenvalue weighted by molar-refractivity contribution is 6.25. The first-order valence-corrected chi connectivity index (χ1v) is 15.1. The SMILES string of the molecule is [2H]c1c([2H])c(-c2ccccc2)c([2H])c(-c2oc3c(-c4ccccc4)cccc3c2-c2c3c([2H])c([2H])c([2H])c([2H])c3c(-c3ccccc3)c3c([2H])c([2H])c([2H])c([2H])c23)c1[2H]. The second-order valence-electron chi connectivity index (χ2n) is 11.1. The van der Waals surface area contributed by atoms with E-state index in [9.17, 15) is 8.22 Å². The first-order chi connectivity index (χ1) is 28.3. The number of fused-ring (bicyclic) bond motifs is 3. The van der Waals surface area contributed by atoms with Gasteiger partial charge in [0.1, 0.15) is 11.3 Å². The predicted molar refractivity (Wildman–Crippen MR) is 198 cm³/mol. The van der Waals surface area contributed by atoms with Gasteiger partial charge in [0.15, 0.2) is 0 Å². The molecule has 0 radical (unpaired) electrons. The van der Waals surface area contributed by atoms with Gasteiger partial charge in [-0.1, -0.05) is 176 Å². The van der Waals surface area contributed by atoms with Gasteiger partial charge in [-0.3, -0.25) is 0 Å². The molecule has 0 saturated carbocycles. The van der Waals surface area contributed by atoms with Gasteiger partial charge in [0, 0.05) is 27.6 Å². The molecule has 0 unspecified atom stereocenters. The number of rotatable bonds is 5. The fourth-order valence-electron chi connectivity index (χ4n) is 6.36. The summed E-state index contributed by atoms with van der Waals surface area (Å²) >= 11 is 0. The monoisotopic (exact) mass is 610 g/mol.